The van der Waals surface area contributed by atoms with Crippen LogP contribution in [0.4, 0.5) is 0 Å². The van der Waals surface area contributed by atoms with Crippen molar-refractivity contribution in [2.24, 2.45) is 0 Å². The summed E-state index contributed by atoms with van der Waals surface area (Å²) in [5.74, 6) is -1.47. The Morgan fingerprint density at radius 2 is 2.04 bits per heavy atom. The van der Waals surface area contributed by atoms with E-state index in [0.717, 1.165) is 11.3 Å². The lowest BCUT2D eigenvalue weighted by Gasteiger charge is -2.21. The van der Waals surface area contributed by atoms with E-state index >= 15 is 0 Å². The molecular weight excluding hydrogens is 380 g/mol. The standard InChI is InChI=1S/C16H13ClN4O4S/c17-8-1-2-13-18-10(6-20(13)4-8)15(23)21-5-9(22)3-12(21)14-19-11(7-26-14)16(24)25/h1-2,4,6-7,9,12,22H,3,5H2,(H,24,25)/t9-,12+/m0/s1. The second kappa shape index (κ2) is 6.35. The first-order chi connectivity index (χ1) is 12.4. The van der Waals surface area contributed by atoms with Crippen molar-refractivity contribution >= 4 is 40.5 Å². The highest BCUT2D eigenvalue weighted by atomic mass is 35.5. The lowest BCUT2D eigenvalue weighted by atomic mass is 10.2. The summed E-state index contributed by atoms with van der Waals surface area (Å²) in [6, 6.07) is 2.91. The maximum Gasteiger partial charge on any atom is 0.355 e. The van der Waals surface area contributed by atoms with Gasteiger partial charge in [0, 0.05) is 30.7 Å². The zero-order valence-corrected chi connectivity index (χ0v) is 14.8. The van der Waals surface area contributed by atoms with Gasteiger partial charge in [0.25, 0.3) is 5.91 Å². The number of pyridine rings is 1. The van der Waals surface area contributed by atoms with E-state index in [1.54, 1.807) is 28.9 Å². The average molecular weight is 393 g/mol. The fourth-order valence-electron chi connectivity index (χ4n) is 3.03. The first-order valence-electron chi connectivity index (χ1n) is 7.74. The number of aromatic nitrogens is 3. The molecule has 1 saturated heterocycles. The summed E-state index contributed by atoms with van der Waals surface area (Å²) in [6.45, 7) is 0.139. The van der Waals surface area contributed by atoms with Crippen LogP contribution in [0.25, 0.3) is 5.65 Å². The highest BCUT2D eigenvalue weighted by molar-refractivity contribution is 7.09. The number of carbonyl (C=O) groups excluding carboxylic acids is 1. The van der Waals surface area contributed by atoms with Crippen LogP contribution in [0.5, 0.6) is 0 Å². The molecular formula is C16H13ClN4O4S. The second-order valence-electron chi connectivity index (χ2n) is 5.98. The van der Waals surface area contributed by atoms with Gasteiger partial charge in [-0.3, -0.25) is 4.79 Å². The van der Waals surface area contributed by atoms with Gasteiger partial charge in [0.05, 0.1) is 17.2 Å². The minimum absolute atomic E-state index is 0.0684. The number of amides is 1. The molecule has 134 valence electrons. The first-order valence-corrected chi connectivity index (χ1v) is 9.00. The van der Waals surface area contributed by atoms with Crippen molar-refractivity contribution in [1.29, 1.82) is 0 Å². The van der Waals surface area contributed by atoms with Crippen LogP contribution in [0.2, 0.25) is 5.02 Å². The largest absolute Gasteiger partial charge is 0.476 e. The number of hydrogen-bond donors (Lipinski definition) is 2. The van der Waals surface area contributed by atoms with Crippen LogP contribution in [-0.2, 0) is 0 Å². The quantitative estimate of drug-likeness (QED) is 0.706. The first kappa shape index (κ1) is 17.0. The number of carboxylic acid groups (broad SMARTS) is 1. The highest BCUT2D eigenvalue weighted by Gasteiger charge is 2.38. The second-order valence-corrected chi connectivity index (χ2v) is 7.30. The molecule has 0 bridgehead atoms. The number of β-amino-alcohol motifs (C(OH)–C–C–N with tert-alkyl or cyclic N) is 1. The van der Waals surface area contributed by atoms with Crippen molar-refractivity contribution in [2.75, 3.05) is 6.54 Å². The molecule has 3 aromatic rings. The number of aliphatic hydroxyl groups is 1. The smallest absolute Gasteiger partial charge is 0.355 e. The number of aromatic carboxylic acids is 1. The lowest BCUT2D eigenvalue weighted by molar-refractivity contribution is 0.0691. The lowest BCUT2D eigenvalue weighted by Crippen LogP contribution is -2.32. The SMILES string of the molecule is O=C(O)c1csc([C@H]2C[C@H](O)CN2C(=O)c2cn3cc(Cl)ccc3n2)n1. The third-order valence-corrected chi connectivity index (χ3v) is 5.37. The van der Waals surface area contributed by atoms with Gasteiger partial charge >= 0.3 is 5.97 Å². The molecule has 0 radical (unpaired) electrons. The highest BCUT2D eigenvalue weighted by Crippen LogP contribution is 2.35. The normalized spacial score (nSPS) is 20.0. The Morgan fingerprint density at radius 1 is 1.23 bits per heavy atom. The van der Waals surface area contributed by atoms with E-state index in [1.165, 1.54) is 10.3 Å². The molecule has 8 nitrogen and oxygen atoms in total. The molecule has 4 rings (SSSR count). The average Bonchev–Trinajstić information content (AvgIpc) is 3.30. The van der Waals surface area contributed by atoms with Gasteiger partial charge in [-0.15, -0.1) is 11.3 Å². The molecule has 1 amide bonds. The number of nitrogens with zero attached hydrogens (tertiary/aromatic N) is 4. The third kappa shape index (κ3) is 2.94. The molecule has 0 aromatic carbocycles. The van der Waals surface area contributed by atoms with Gasteiger partial charge in [0.2, 0.25) is 0 Å². The Kier molecular flexibility index (Phi) is 4.14. The van der Waals surface area contributed by atoms with Crippen molar-refractivity contribution < 1.29 is 19.8 Å². The zero-order chi connectivity index (χ0) is 18.4. The minimum atomic E-state index is -1.12. The Hall–Kier alpha value is -2.49. The van der Waals surface area contributed by atoms with Crippen molar-refractivity contribution in [1.82, 2.24) is 19.3 Å². The number of likely N-dealkylation sites (tertiary alicyclic amines) is 1. The summed E-state index contributed by atoms with van der Waals surface area (Å²) in [4.78, 5) is 33.9. The summed E-state index contributed by atoms with van der Waals surface area (Å²) in [7, 11) is 0. The van der Waals surface area contributed by atoms with Crippen molar-refractivity contribution in [3.8, 4) is 0 Å². The van der Waals surface area contributed by atoms with Gasteiger partial charge < -0.3 is 19.5 Å². The fraction of sp³-hybridized carbons (Fsp3) is 0.250. The number of aliphatic hydroxyl groups excluding tert-OH is 1. The van der Waals surface area contributed by atoms with E-state index in [-0.39, 0.29) is 23.8 Å². The Morgan fingerprint density at radius 3 is 2.77 bits per heavy atom. The predicted molar refractivity (Wildman–Crippen MR) is 93.7 cm³/mol. The van der Waals surface area contributed by atoms with Gasteiger partial charge in [-0.2, -0.15) is 0 Å². The molecule has 26 heavy (non-hydrogen) atoms. The molecule has 1 aliphatic rings. The molecule has 0 aliphatic carbocycles. The van der Waals surface area contributed by atoms with Gasteiger partial charge in [0.1, 0.15) is 16.3 Å². The summed E-state index contributed by atoms with van der Waals surface area (Å²) >= 11 is 7.11. The zero-order valence-electron chi connectivity index (χ0n) is 13.2. The minimum Gasteiger partial charge on any atom is -0.476 e. The van der Waals surface area contributed by atoms with E-state index in [4.69, 9.17) is 16.7 Å². The maximum atomic E-state index is 12.9. The number of imidazole rings is 1. The molecule has 0 saturated carbocycles. The molecule has 0 spiro atoms. The molecule has 1 aliphatic heterocycles. The van der Waals surface area contributed by atoms with Gasteiger partial charge in [-0.25, -0.2) is 14.8 Å². The summed E-state index contributed by atoms with van der Waals surface area (Å²) in [5, 5.41) is 21.5. The molecule has 3 aromatic heterocycles. The molecule has 2 N–H and O–H groups in total. The maximum absolute atomic E-state index is 12.9. The van der Waals surface area contributed by atoms with Gasteiger partial charge in [0.15, 0.2) is 5.69 Å². The molecule has 2 atom stereocenters. The number of halogens is 1. The van der Waals surface area contributed by atoms with Crippen molar-refractivity contribution in [3.63, 3.8) is 0 Å². The molecule has 4 heterocycles. The van der Waals surface area contributed by atoms with Crippen LogP contribution >= 0.6 is 22.9 Å². The number of thiazole rings is 1. The van der Waals surface area contributed by atoms with Crippen LogP contribution in [0.15, 0.2) is 29.9 Å². The van der Waals surface area contributed by atoms with Crippen LogP contribution < -0.4 is 0 Å². The van der Waals surface area contributed by atoms with E-state index in [2.05, 4.69) is 9.97 Å². The van der Waals surface area contributed by atoms with Crippen LogP contribution in [0.1, 0.15) is 38.4 Å². The van der Waals surface area contributed by atoms with Crippen molar-refractivity contribution in [3.05, 3.63) is 51.3 Å². The fourth-order valence-corrected chi connectivity index (χ4v) is 4.11. The van der Waals surface area contributed by atoms with Gasteiger partial charge in [-0.1, -0.05) is 11.6 Å². The Labute approximate surface area is 156 Å². The van der Waals surface area contributed by atoms with E-state index in [0.29, 0.717) is 22.1 Å². The topological polar surface area (TPSA) is 108 Å². The summed E-state index contributed by atoms with van der Waals surface area (Å²) in [6.07, 6.45) is 2.83. The Bertz CT molecular complexity index is 1020. The van der Waals surface area contributed by atoms with Crippen molar-refractivity contribution in [2.45, 2.75) is 18.6 Å². The van der Waals surface area contributed by atoms with E-state index in [9.17, 15) is 14.7 Å². The number of fused-ring (bicyclic) bond motifs is 1. The predicted octanol–water partition coefficient (Wildman–Crippen LogP) is 2.09. The van der Waals surface area contributed by atoms with E-state index < -0.39 is 18.1 Å². The Balaban J connectivity index is 1.66. The monoisotopic (exact) mass is 392 g/mol. The molecule has 1 fully saturated rings. The van der Waals surface area contributed by atoms with Gasteiger partial charge in [-0.05, 0) is 12.1 Å². The molecule has 0 unspecified atom stereocenters. The third-order valence-electron chi connectivity index (χ3n) is 4.20. The number of hydrogen-bond acceptors (Lipinski definition) is 6. The summed E-state index contributed by atoms with van der Waals surface area (Å²) in [5.41, 5.74) is 0.735. The number of rotatable bonds is 3. The van der Waals surface area contributed by atoms with Crippen LogP contribution in [0.3, 0.4) is 0 Å². The molecule has 10 heteroatoms. The van der Waals surface area contributed by atoms with E-state index in [1.807, 2.05) is 0 Å². The van der Waals surface area contributed by atoms with Crippen LogP contribution in [0, 0.1) is 0 Å². The summed E-state index contributed by atoms with van der Waals surface area (Å²) < 4.78 is 1.66. The number of carbonyl (C=O) groups is 2. The number of carboxylic acids is 1. The van der Waals surface area contributed by atoms with Crippen LogP contribution in [-0.4, -0.2) is 54.0 Å².